The summed E-state index contributed by atoms with van der Waals surface area (Å²) < 4.78 is 0. The Kier molecular flexibility index (Phi) is 3.88. The second-order valence-electron chi connectivity index (χ2n) is 1.81. The van der Waals surface area contributed by atoms with E-state index in [4.69, 9.17) is 21.8 Å². The Bertz CT molecular complexity index is 162. The molecular formula is C6H9ClO3. The van der Waals surface area contributed by atoms with Crippen molar-refractivity contribution >= 4 is 17.6 Å². The summed E-state index contributed by atoms with van der Waals surface area (Å²) in [7, 11) is 0. The molecule has 58 valence electrons. The van der Waals surface area contributed by atoms with Gasteiger partial charge in [-0.3, -0.25) is 0 Å². The molecule has 0 aromatic rings. The average molecular weight is 165 g/mol. The minimum absolute atomic E-state index is 0.00926. The Balaban J connectivity index is 4.19. The highest BCUT2D eigenvalue weighted by atomic mass is 35.5. The number of aliphatic hydroxyl groups is 1. The van der Waals surface area contributed by atoms with Gasteiger partial charge in [0.15, 0.2) is 0 Å². The van der Waals surface area contributed by atoms with E-state index in [9.17, 15) is 4.79 Å². The highest BCUT2D eigenvalue weighted by Crippen LogP contribution is 2.13. The fourth-order valence-corrected chi connectivity index (χ4v) is 0.724. The number of carbonyl (C=O) groups is 1. The molecule has 0 unspecified atom stereocenters. The monoisotopic (exact) mass is 164 g/mol. The lowest BCUT2D eigenvalue weighted by Crippen LogP contribution is -2.00. The van der Waals surface area contributed by atoms with Crippen LogP contribution in [0.25, 0.3) is 0 Å². The van der Waals surface area contributed by atoms with E-state index in [0.29, 0.717) is 6.42 Å². The van der Waals surface area contributed by atoms with Gasteiger partial charge in [0.1, 0.15) is 0 Å². The van der Waals surface area contributed by atoms with Crippen LogP contribution in [-0.4, -0.2) is 16.2 Å². The summed E-state index contributed by atoms with van der Waals surface area (Å²) in [5, 5.41) is 16.9. The van der Waals surface area contributed by atoms with Crippen LogP contribution in [0.4, 0.5) is 0 Å². The van der Waals surface area contributed by atoms with Crippen molar-refractivity contribution in [2.24, 2.45) is 0 Å². The van der Waals surface area contributed by atoms with Crippen LogP contribution in [0.5, 0.6) is 0 Å². The topological polar surface area (TPSA) is 57.5 Å². The molecule has 0 aliphatic rings. The van der Waals surface area contributed by atoms with E-state index in [1.54, 1.807) is 0 Å². The maximum atomic E-state index is 10.0. The van der Waals surface area contributed by atoms with Crippen molar-refractivity contribution in [2.45, 2.75) is 19.8 Å². The van der Waals surface area contributed by atoms with Gasteiger partial charge in [0, 0.05) is 0 Å². The first-order valence-electron chi connectivity index (χ1n) is 2.90. The number of allylic oxidation sites excluding steroid dienone is 1. The van der Waals surface area contributed by atoms with E-state index in [-0.39, 0.29) is 5.03 Å². The van der Waals surface area contributed by atoms with Crippen LogP contribution in [-0.2, 0) is 4.79 Å². The van der Waals surface area contributed by atoms with Gasteiger partial charge < -0.3 is 10.2 Å². The zero-order chi connectivity index (χ0) is 8.15. The summed E-state index contributed by atoms with van der Waals surface area (Å²) in [6, 6.07) is 0. The van der Waals surface area contributed by atoms with Crippen molar-refractivity contribution < 1.29 is 15.0 Å². The SMILES string of the molecule is CCC/C(Cl)=C(/O)C(=O)O. The lowest BCUT2D eigenvalue weighted by molar-refractivity contribution is -0.135. The highest BCUT2D eigenvalue weighted by molar-refractivity contribution is 6.31. The molecule has 0 aliphatic heterocycles. The number of carboxylic acids is 1. The highest BCUT2D eigenvalue weighted by Gasteiger charge is 2.08. The predicted octanol–water partition coefficient (Wildman–Crippen LogP) is 1.88. The summed E-state index contributed by atoms with van der Waals surface area (Å²) in [5.41, 5.74) is 0. The van der Waals surface area contributed by atoms with E-state index in [1.807, 2.05) is 6.92 Å². The Labute approximate surface area is 63.9 Å². The van der Waals surface area contributed by atoms with E-state index in [2.05, 4.69) is 0 Å². The van der Waals surface area contributed by atoms with E-state index < -0.39 is 11.7 Å². The van der Waals surface area contributed by atoms with Gasteiger partial charge in [-0.1, -0.05) is 24.9 Å². The lowest BCUT2D eigenvalue weighted by atomic mass is 10.3. The quantitative estimate of drug-likeness (QED) is 0.495. The zero-order valence-corrected chi connectivity index (χ0v) is 6.35. The molecule has 0 amide bonds. The average Bonchev–Trinajstić information content (AvgIpc) is 1.87. The molecule has 4 heteroatoms. The van der Waals surface area contributed by atoms with E-state index in [1.165, 1.54) is 0 Å². The second kappa shape index (κ2) is 4.17. The van der Waals surface area contributed by atoms with E-state index >= 15 is 0 Å². The first kappa shape index (κ1) is 9.30. The molecule has 2 N–H and O–H groups in total. The molecule has 0 spiro atoms. The molecule has 0 rings (SSSR count). The van der Waals surface area contributed by atoms with Crippen LogP contribution in [0, 0.1) is 0 Å². The summed E-state index contributed by atoms with van der Waals surface area (Å²) in [5.74, 6) is -2.12. The second-order valence-corrected chi connectivity index (χ2v) is 2.26. The van der Waals surface area contributed by atoms with Gasteiger partial charge in [-0.25, -0.2) is 4.79 Å². The Morgan fingerprint density at radius 2 is 2.00 bits per heavy atom. The van der Waals surface area contributed by atoms with Crippen LogP contribution in [0.3, 0.4) is 0 Å². The maximum Gasteiger partial charge on any atom is 0.372 e. The fourth-order valence-electron chi connectivity index (χ4n) is 0.454. The number of aliphatic carboxylic acids is 1. The van der Waals surface area contributed by atoms with Crippen LogP contribution in [0.1, 0.15) is 19.8 Å². The summed E-state index contributed by atoms with van der Waals surface area (Å²) >= 11 is 5.38. The molecule has 0 saturated heterocycles. The van der Waals surface area contributed by atoms with Crippen molar-refractivity contribution in [2.75, 3.05) is 0 Å². The number of halogens is 1. The first-order valence-corrected chi connectivity index (χ1v) is 3.28. The standard InChI is InChI=1S/C6H9ClO3/c1-2-3-4(7)5(8)6(9)10/h8H,2-3H2,1H3,(H,9,10)/b5-4-. The normalized spacial score (nSPS) is 12.6. The number of carboxylic acid groups (broad SMARTS) is 1. The maximum absolute atomic E-state index is 10.0. The molecule has 0 atom stereocenters. The first-order chi connectivity index (χ1) is 4.59. The van der Waals surface area contributed by atoms with Gasteiger partial charge in [-0.2, -0.15) is 0 Å². The third-order valence-electron chi connectivity index (χ3n) is 0.929. The number of aliphatic hydroxyl groups excluding tert-OH is 1. The van der Waals surface area contributed by atoms with Crippen LogP contribution < -0.4 is 0 Å². The minimum Gasteiger partial charge on any atom is -0.501 e. The summed E-state index contributed by atoms with van der Waals surface area (Å²) in [6.07, 6.45) is 1.12. The van der Waals surface area contributed by atoms with Gasteiger partial charge in [0.05, 0.1) is 5.03 Å². The lowest BCUT2D eigenvalue weighted by Gasteiger charge is -1.95. The van der Waals surface area contributed by atoms with Crippen molar-refractivity contribution in [3.8, 4) is 0 Å². The van der Waals surface area contributed by atoms with Crippen LogP contribution in [0.15, 0.2) is 10.8 Å². The Morgan fingerprint density at radius 3 is 2.30 bits per heavy atom. The Hall–Kier alpha value is -0.700. The largest absolute Gasteiger partial charge is 0.501 e. The molecule has 0 fully saturated rings. The van der Waals surface area contributed by atoms with Gasteiger partial charge in [-0.05, 0) is 6.42 Å². The van der Waals surface area contributed by atoms with Gasteiger partial charge in [0.25, 0.3) is 0 Å². The molecule has 0 saturated carbocycles. The summed E-state index contributed by atoms with van der Waals surface area (Å²) in [6.45, 7) is 1.84. The van der Waals surface area contributed by atoms with Crippen molar-refractivity contribution in [3.63, 3.8) is 0 Å². The molecule has 10 heavy (non-hydrogen) atoms. The number of hydrogen-bond acceptors (Lipinski definition) is 2. The van der Waals surface area contributed by atoms with Gasteiger partial charge >= 0.3 is 5.97 Å². The van der Waals surface area contributed by atoms with Crippen molar-refractivity contribution in [3.05, 3.63) is 10.8 Å². The molecule has 0 radical (unpaired) electrons. The third-order valence-corrected chi connectivity index (χ3v) is 1.30. The molecule has 0 aromatic heterocycles. The molecular weight excluding hydrogens is 156 g/mol. The minimum atomic E-state index is -1.38. The zero-order valence-electron chi connectivity index (χ0n) is 5.59. The van der Waals surface area contributed by atoms with Crippen LogP contribution >= 0.6 is 11.6 Å². The van der Waals surface area contributed by atoms with Gasteiger partial charge in [-0.15, -0.1) is 0 Å². The number of rotatable bonds is 3. The van der Waals surface area contributed by atoms with Crippen molar-refractivity contribution in [1.29, 1.82) is 0 Å². The number of hydrogen-bond donors (Lipinski definition) is 2. The molecule has 0 bridgehead atoms. The molecule has 0 aromatic carbocycles. The molecule has 0 aliphatic carbocycles. The van der Waals surface area contributed by atoms with E-state index in [0.717, 1.165) is 6.42 Å². The fraction of sp³-hybridized carbons (Fsp3) is 0.500. The van der Waals surface area contributed by atoms with Crippen molar-refractivity contribution in [1.82, 2.24) is 0 Å². The molecule has 0 heterocycles. The predicted molar refractivity (Wildman–Crippen MR) is 38.1 cm³/mol. The van der Waals surface area contributed by atoms with Crippen LogP contribution in [0.2, 0.25) is 0 Å². The third kappa shape index (κ3) is 2.73. The smallest absolute Gasteiger partial charge is 0.372 e. The molecule has 3 nitrogen and oxygen atoms in total. The Morgan fingerprint density at radius 1 is 1.50 bits per heavy atom. The summed E-state index contributed by atoms with van der Waals surface area (Å²) in [4.78, 5) is 10.0. The van der Waals surface area contributed by atoms with Gasteiger partial charge in [0.2, 0.25) is 5.76 Å².